The van der Waals surface area contributed by atoms with Crippen molar-refractivity contribution in [3.8, 4) is 0 Å². The van der Waals surface area contributed by atoms with Gasteiger partial charge in [0.1, 0.15) is 5.82 Å². The third kappa shape index (κ3) is 1.47. The van der Waals surface area contributed by atoms with Gasteiger partial charge in [0.05, 0.1) is 5.92 Å². The summed E-state index contributed by atoms with van der Waals surface area (Å²) >= 11 is 0. The van der Waals surface area contributed by atoms with Crippen molar-refractivity contribution in [2.45, 2.75) is 32.1 Å². The number of rotatable bonds is 1. The molecular weight excluding hydrogens is 180 g/mol. The van der Waals surface area contributed by atoms with Crippen molar-refractivity contribution < 1.29 is 9.90 Å². The Morgan fingerprint density at radius 3 is 3.14 bits per heavy atom. The van der Waals surface area contributed by atoms with Gasteiger partial charge in [-0.2, -0.15) is 0 Å². The molecule has 1 heterocycles. The average Bonchev–Trinajstić information content (AvgIpc) is 2.16. The van der Waals surface area contributed by atoms with Crippen LogP contribution in [0.3, 0.4) is 0 Å². The van der Waals surface area contributed by atoms with Crippen LogP contribution >= 0.6 is 0 Å². The second-order valence-electron chi connectivity index (χ2n) is 3.60. The molecule has 14 heavy (non-hydrogen) atoms. The fraction of sp³-hybridized carbons (Fsp3) is 0.500. The number of fused-ring (bicyclic) bond motifs is 1. The van der Waals surface area contributed by atoms with Gasteiger partial charge >= 0.3 is 5.97 Å². The van der Waals surface area contributed by atoms with Gasteiger partial charge in [-0.25, -0.2) is 9.97 Å². The summed E-state index contributed by atoms with van der Waals surface area (Å²) in [7, 11) is 0. The summed E-state index contributed by atoms with van der Waals surface area (Å²) in [6.45, 7) is 1.82. The zero-order chi connectivity index (χ0) is 10.1. The summed E-state index contributed by atoms with van der Waals surface area (Å²) in [5, 5.41) is 9.00. The van der Waals surface area contributed by atoms with Crippen LogP contribution in [0.15, 0.2) is 6.20 Å². The van der Waals surface area contributed by atoms with Gasteiger partial charge in [0, 0.05) is 17.5 Å². The summed E-state index contributed by atoms with van der Waals surface area (Å²) in [6.07, 6.45) is 4.15. The van der Waals surface area contributed by atoms with Crippen LogP contribution in [0.25, 0.3) is 0 Å². The first-order valence-electron chi connectivity index (χ1n) is 4.73. The van der Waals surface area contributed by atoms with Crippen LogP contribution in [0.5, 0.6) is 0 Å². The Bertz CT molecular complexity index is 376. The molecule has 0 saturated carbocycles. The van der Waals surface area contributed by atoms with Crippen LogP contribution in [-0.2, 0) is 11.2 Å². The predicted molar refractivity (Wildman–Crippen MR) is 50.1 cm³/mol. The minimum atomic E-state index is -0.765. The van der Waals surface area contributed by atoms with Gasteiger partial charge in [-0.15, -0.1) is 0 Å². The maximum Gasteiger partial charge on any atom is 0.311 e. The molecule has 1 N–H and O–H groups in total. The molecule has 2 rings (SSSR count). The SMILES string of the molecule is Cc1ncc2c(n1)CCCC2C(=O)O. The van der Waals surface area contributed by atoms with Crippen molar-refractivity contribution in [3.63, 3.8) is 0 Å². The Hall–Kier alpha value is -1.45. The van der Waals surface area contributed by atoms with Crippen LogP contribution < -0.4 is 0 Å². The second kappa shape index (κ2) is 3.36. The van der Waals surface area contributed by atoms with Gasteiger partial charge in [0.25, 0.3) is 0 Å². The topological polar surface area (TPSA) is 63.1 Å². The van der Waals surface area contributed by atoms with Crippen molar-refractivity contribution >= 4 is 5.97 Å². The smallest absolute Gasteiger partial charge is 0.311 e. The number of carbonyl (C=O) groups is 1. The monoisotopic (exact) mass is 192 g/mol. The molecule has 0 radical (unpaired) electrons. The minimum absolute atomic E-state index is 0.403. The normalized spacial score (nSPS) is 20.2. The van der Waals surface area contributed by atoms with E-state index in [-0.39, 0.29) is 0 Å². The molecule has 4 heteroatoms. The Morgan fingerprint density at radius 1 is 1.64 bits per heavy atom. The van der Waals surface area contributed by atoms with Gasteiger partial charge < -0.3 is 5.11 Å². The molecule has 1 aromatic rings. The average molecular weight is 192 g/mol. The molecule has 0 bridgehead atoms. The van der Waals surface area contributed by atoms with Crippen LogP contribution in [0.2, 0.25) is 0 Å². The van der Waals surface area contributed by atoms with E-state index in [2.05, 4.69) is 9.97 Å². The molecular formula is C10H12N2O2. The van der Waals surface area contributed by atoms with Crippen LogP contribution in [0, 0.1) is 6.92 Å². The lowest BCUT2D eigenvalue weighted by molar-refractivity contribution is -0.139. The molecule has 1 aromatic heterocycles. The van der Waals surface area contributed by atoms with Gasteiger partial charge in [0.2, 0.25) is 0 Å². The first-order chi connectivity index (χ1) is 6.68. The van der Waals surface area contributed by atoms with E-state index in [4.69, 9.17) is 5.11 Å². The van der Waals surface area contributed by atoms with E-state index in [1.807, 2.05) is 6.92 Å². The number of hydrogen-bond donors (Lipinski definition) is 1. The highest BCUT2D eigenvalue weighted by molar-refractivity contribution is 5.76. The highest BCUT2D eigenvalue weighted by Gasteiger charge is 2.27. The first-order valence-corrected chi connectivity index (χ1v) is 4.73. The lowest BCUT2D eigenvalue weighted by Gasteiger charge is -2.20. The van der Waals surface area contributed by atoms with Gasteiger partial charge in [-0.3, -0.25) is 4.79 Å². The summed E-state index contributed by atoms with van der Waals surface area (Å²) in [6, 6.07) is 0. The number of carboxylic acids is 1. The highest BCUT2D eigenvalue weighted by atomic mass is 16.4. The Labute approximate surface area is 82.0 Å². The maximum absolute atomic E-state index is 10.9. The second-order valence-corrected chi connectivity index (χ2v) is 3.60. The zero-order valence-electron chi connectivity index (χ0n) is 8.03. The van der Waals surface area contributed by atoms with E-state index in [0.29, 0.717) is 6.42 Å². The van der Waals surface area contributed by atoms with Crippen molar-refractivity contribution in [2.24, 2.45) is 0 Å². The number of aliphatic carboxylic acids is 1. The van der Waals surface area contributed by atoms with Crippen molar-refractivity contribution in [1.82, 2.24) is 9.97 Å². The van der Waals surface area contributed by atoms with Gasteiger partial charge in [0.15, 0.2) is 0 Å². The van der Waals surface area contributed by atoms with Crippen molar-refractivity contribution in [2.75, 3.05) is 0 Å². The summed E-state index contributed by atoms with van der Waals surface area (Å²) in [4.78, 5) is 19.3. The van der Waals surface area contributed by atoms with Crippen molar-refractivity contribution in [3.05, 3.63) is 23.3 Å². The van der Waals surface area contributed by atoms with Gasteiger partial charge in [-0.05, 0) is 26.2 Å². The van der Waals surface area contributed by atoms with Crippen molar-refractivity contribution in [1.29, 1.82) is 0 Å². The molecule has 1 aliphatic carbocycles. The van der Waals surface area contributed by atoms with Crippen LogP contribution in [0.1, 0.15) is 35.8 Å². The fourth-order valence-corrected chi connectivity index (χ4v) is 1.90. The number of hydrogen-bond acceptors (Lipinski definition) is 3. The Morgan fingerprint density at radius 2 is 2.43 bits per heavy atom. The third-order valence-corrected chi connectivity index (χ3v) is 2.60. The van der Waals surface area contributed by atoms with E-state index < -0.39 is 11.9 Å². The molecule has 4 nitrogen and oxygen atoms in total. The molecule has 0 aliphatic heterocycles. The number of carboxylic acid groups (broad SMARTS) is 1. The summed E-state index contributed by atoms with van der Waals surface area (Å²) < 4.78 is 0. The number of nitrogens with zero attached hydrogens (tertiary/aromatic N) is 2. The molecule has 1 aliphatic rings. The van der Waals surface area contributed by atoms with E-state index in [9.17, 15) is 4.79 Å². The fourth-order valence-electron chi connectivity index (χ4n) is 1.90. The maximum atomic E-state index is 10.9. The predicted octanol–water partition coefficient (Wildman–Crippen LogP) is 1.29. The molecule has 0 saturated heterocycles. The minimum Gasteiger partial charge on any atom is -0.481 e. The van der Waals surface area contributed by atoms with E-state index in [1.54, 1.807) is 6.20 Å². The highest BCUT2D eigenvalue weighted by Crippen LogP contribution is 2.29. The largest absolute Gasteiger partial charge is 0.481 e. The molecule has 0 amide bonds. The first kappa shape index (κ1) is 9.12. The standard InChI is InChI=1S/C10H12N2O2/c1-6-11-5-8-7(10(13)14)3-2-4-9(8)12-6/h5,7H,2-4H2,1H3,(H,13,14). The van der Waals surface area contributed by atoms with E-state index in [0.717, 1.165) is 29.9 Å². The van der Waals surface area contributed by atoms with Crippen LogP contribution in [0.4, 0.5) is 0 Å². The van der Waals surface area contributed by atoms with Crippen LogP contribution in [-0.4, -0.2) is 21.0 Å². The van der Waals surface area contributed by atoms with E-state index >= 15 is 0 Å². The molecule has 0 spiro atoms. The molecule has 0 aromatic carbocycles. The van der Waals surface area contributed by atoms with E-state index in [1.165, 1.54) is 0 Å². The molecule has 1 atom stereocenters. The third-order valence-electron chi connectivity index (χ3n) is 2.60. The molecule has 0 fully saturated rings. The zero-order valence-corrected chi connectivity index (χ0v) is 8.03. The number of aryl methyl sites for hydroxylation is 2. The number of aromatic nitrogens is 2. The quantitative estimate of drug-likeness (QED) is 0.728. The Kier molecular flexibility index (Phi) is 2.19. The summed E-state index contributed by atoms with van der Waals surface area (Å²) in [5.41, 5.74) is 1.71. The lowest BCUT2D eigenvalue weighted by atomic mass is 9.87. The lowest BCUT2D eigenvalue weighted by Crippen LogP contribution is -2.19. The Balaban J connectivity index is 2.44. The molecule has 74 valence electrons. The summed E-state index contributed by atoms with van der Waals surface area (Å²) in [5.74, 6) is -0.451. The van der Waals surface area contributed by atoms with Gasteiger partial charge in [-0.1, -0.05) is 0 Å². The molecule has 1 unspecified atom stereocenters.